The van der Waals surface area contributed by atoms with Crippen molar-refractivity contribution < 1.29 is 21.5 Å². The Morgan fingerprint density at radius 3 is 2.64 bits per heavy atom. The lowest BCUT2D eigenvalue weighted by atomic mass is 9.81. The highest BCUT2D eigenvalue weighted by molar-refractivity contribution is 7.80. The predicted octanol–water partition coefficient (Wildman–Crippen LogP) is 1.87. The van der Waals surface area contributed by atoms with Gasteiger partial charge in [-0.2, -0.15) is 8.42 Å². The van der Waals surface area contributed by atoms with Crippen LogP contribution < -0.4 is 0 Å². The zero-order valence-electron chi connectivity index (χ0n) is 8.07. The predicted molar refractivity (Wildman–Crippen MR) is 49.0 cm³/mol. The maximum Gasteiger partial charge on any atom is 0.397 e. The lowest BCUT2D eigenvalue weighted by Gasteiger charge is -2.37. The Morgan fingerprint density at radius 2 is 2.21 bits per heavy atom. The molecule has 0 aromatic carbocycles. The SMILES string of the molecule is CCC1(OS(=O)(=O)O)CCCCC1F. The Labute approximate surface area is 83.4 Å². The number of rotatable bonds is 3. The van der Waals surface area contributed by atoms with Gasteiger partial charge in [0, 0.05) is 0 Å². The van der Waals surface area contributed by atoms with Crippen molar-refractivity contribution in [2.45, 2.75) is 50.8 Å². The van der Waals surface area contributed by atoms with Gasteiger partial charge in [0.25, 0.3) is 0 Å². The van der Waals surface area contributed by atoms with Crippen LogP contribution in [0.25, 0.3) is 0 Å². The first kappa shape index (κ1) is 11.9. The zero-order chi connectivity index (χ0) is 10.8. The minimum absolute atomic E-state index is 0.244. The van der Waals surface area contributed by atoms with Crippen LogP contribution >= 0.6 is 0 Å². The third-order valence-electron chi connectivity index (χ3n) is 2.75. The van der Waals surface area contributed by atoms with Crippen molar-refractivity contribution in [1.82, 2.24) is 0 Å². The van der Waals surface area contributed by atoms with Crippen LogP contribution in [0.15, 0.2) is 0 Å². The quantitative estimate of drug-likeness (QED) is 0.746. The summed E-state index contributed by atoms with van der Waals surface area (Å²) in [6.07, 6.45) is 1.02. The molecule has 0 radical (unpaired) electrons. The van der Waals surface area contributed by atoms with Gasteiger partial charge >= 0.3 is 10.4 Å². The summed E-state index contributed by atoms with van der Waals surface area (Å²) in [4.78, 5) is 0. The minimum Gasteiger partial charge on any atom is -0.264 e. The van der Waals surface area contributed by atoms with E-state index >= 15 is 0 Å². The summed E-state index contributed by atoms with van der Waals surface area (Å²) in [6, 6.07) is 0. The molecule has 0 aromatic rings. The Morgan fingerprint density at radius 1 is 1.57 bits per heavy atom. The molecule has 0 amide bonds. The maximum absolute atomic E-state index is 13.5. The fraction of sp³-hybridized carbons (Fsp3) is 1.00. The fourth-order valence-corrected chi connectivity index (χ4v) is 2.65. The molecule has 1 fully saturated rings. The molecule has 6 heteroatoms. The number of halogens is 1. The molecule has 1 aliphatic rings. The molecule has 0 heterocycles. The van der Waals surface area contributed by atoms with Gasteiger partial charge in [0.05, 0.1) is 0 Å². The van der Waals surface area contributed by atoms with Crippen LogP contribution in [-0.4, -0.2) is 24.7 Å². The fourth-order valence-electron chi connectivity index (χ4n) is 1.93. The number of hydrogen-bond donors (Lipinski definition) is 1. The Balaban J connectivity index is 2.83. The van der Waals surface area contributed by atoms with Crippen molar-refractivity contribution in [3.8, 4) is 0 Å². The van der Waals surface area contributed by atoms with Crippen molar-refractivity contribution in [2.75, 3.05) is 0 Å². The molecule has 0 saturated heterocycles. The van der Waals surface area contributed by atoms with Crippen LogP contribution in [0.3, 0.4) is 0 Å². The van der Waals surface area contributed by atoms with E-state index in [1.807, 2.05) is 0 Å². The monoisotopic (exact) mass is 226 g/mol. The van der Waals surface area contributed by atoms with Crippen molar-refractivity contribution >= 4 is 10.4 Å². The van der Waals surface area contributed by atoms with E-state index in [2.05, 4.69) is 4.18 Å². The molecule has 1 saturated carbocycles. The van der Waals surface area contributed by atoms with Crippen LogP contribution in [0.4, 0.5) is 4.39 Å². The van der Waals surface area contributed by atoms with Gasteiger partial charge in [-0.1, -0.05) is 19.8 Å². The van der Waals surface area contributed by atoms with E-state index in [-0.39, 0.29) is 6.42 Å². The van der Waals surface area contributed by atoms with Crippen molar-refractivity contribution in [2.24, 2.45) is 0 Å². The first-order valence-corrected chi connectivity index (χ1v) is 6.08. The summed E-state index contributed by atoms with van der Waals surface area (Å²) in [5, 5.41) is 0. The lowest BCUT2D eigenvalue weighted by Crippen LogP contribution is -2.45. The summed E-state index contributed by atoms with van der Waals surface area (Å²) >= 11 is 0. The third kappa shape index (κ3) is 2.65. The normalized spacial score (nSPS) is 34.4. The third-order valence-corrected chi connectivity index (χ3v) is 3.29. The van der Waals surface area contributed by atoms with Gasteiger partial charge in [0.15, 0.2) is 0 Å². The van der Waals surface area contributed by atoms with E-state index in [0.717, 1.165) is 12.8 Å². The lowest BCUT2D eigenvalue weighted by molar-refractivity contribution is -0.0454. The van der Waals surface area contributed by atoms with Crippen LogP contribution in [0, 0.1) is 0 Å². The molecule has 1 N–H and O–H groups in total. The number of hydrogen-bond acceptors (Lipinski definition) is 3. The molecule has 2 unspecified atom stereocenters. The maximum atomic E-state index is 13.5. The number of alkyl halides is 1. The minimum atomic E-state index is -4.57. The highest BCUT2D eigenvalue weighted by atomic mass is 32.3. The van der Waals surface area contributed by atoms with E-state index in [1.54, 1.807) is 6.92 Å². The zero-order valence-corrected chi connectivity index (χ0v) is 8.89. The first-order valence-electron chi connectivity index (χ1n) is 4.72. The van der Waals surface area contributed by atoms with Crippen LogP contribution in [0.2, 0.25) is 0 Å². The highest BCUT2D eigenvalue weighted by Gasteiger charge is 2.44. The van der Waals surface area contributed by atoms with Gasteiger partial charge in [-0.15, -0.1) is 0 Å². The van der Waals surface area contributed by atoms with E-state index in [9.17, 15) is 12.8 Å². The second-order valence-corrected chi connectivity index (χ2v) is 4.66. The smallest absolute Gasteiger partial charge is 0.264 e. The second-order valence-electron chi connectivity index (χ2n) is 3.64. The molecule has 14 heavy (non-hydrogen) atoms. The Bertz CT molecular complexity index is 290. The molecule has 0 spiro atoms. The van der Waals surface area contributed by atoms with E-state index in [1.165, 1.54) is 0 Å². The Hall–Kier alpha value is -0.200. The summed E-state index contributed by atoms with van der Waals surface area (Å²) in [7, 11) is -4.57. The first-order chi connectivity index (χ1) is 6.40. The molecule has 0 aliphatic heterocycles. The van der Waals surface area contributed by atoms with Crippen molar-refractivity contribution in [3.05, 3.63) is 0 Å². The van der Waals surface area contributed by atoms with Gasteiger partial charge < -0.3 is 0 Å². The summed E-state index contributed by atoms with van der Waals surface area (Å²) in [5.74, 6) is 0. The largest absolute Gasteiger partial charge is 0.397 e. The van der Waals surface area contributed by atoms with E-state index in [0.29, 0.717) is 12.8 Å². The van der Waals surface area contributed by atoms with Crippen molar-refractivity contribution in [3.63, 3.8) is 0 Å². The Kier molecular flexibility index (Phi) is 3.49. The topological polar surface area (TPSA) is 63.6 Å². The highest BCUT2D eigenvalue weighted by Crippen LogP contribution is 2.37. The van der Waals surface area contributed by atoms with Crippen molar-refractivity contribution in [1.29, 1.82) is 0 Å². The van der Waals surface area contributed by atoms with Gasteiger partial charge in [0.1, 0.15) is 11.8 Å². The van der Waals surface area contributed by atoms with Gasteiger partial charge in [-0.25, -0.2) is 8.57 Å². The molecule has 84 valence electrons. The van der Waals surface area contributed by atoms with Crippen LogP contribution in [0.1, 0.15) is 39.0 Å². The average Bonchev–Trinajstić information content (AvgIpc) is 2.07. The second kappa shape index (κ2) is 4.12. The molecule has 0 bridgehead atoms. The molecule has 4 nitrogen and oxygen atoms in total. The van der Waals surface area contributed by atoms with Crippen LogP contribution in [0.5, 0.6) is 0 Å². The van der Waals surface area contributed by atoms with Crippen LogP contribution in [-0.2, 0) is 14.6 Å². The summed E-state index contributed by atoms with van der Waals surface area (Å²) in [6.45, 7) is 1.66. The molecular formula is C8H15FO4S. The van der Waals surface area contributed by atoms with Gasteiger partial charge in [-0.05, 0) is 19.3 Å². The average molecular weight is 226 g/mol. The van der Waals surface area contributed by atoms with Gasteiger partial charge in [0.2, 0.25) is 0 Å². The van der Waals surface area contributed by atoms with E-state index in [4.69, 9.17) is 4.55 Å². The molecular weight excluding hydrogens is 211 g/mol. The molecule has 1 aliphatic carbocycles. The molecule has 0 aromatic heterocycles. The molecule has 2 atom stereocenters. The summed E-state index contributed by atoms with van der Waals surface area (Å²) < 4.78 is 47.7. The summed E-state index contributed by atoms with van der Waals surface area (Å²) in [5.41, 5.74) is -1.34. The van der Waals surface area contributed by atoms with E-state index < -0.39 is 22.2 Å². The van der Waals surface area contributed by atoms with Gasteiger partial charge in [-0.3, -0.25) is 4.55 Å². The molecule has 1 rings (SSSR count). The standard InChI is InChI=1S/C8H15FO4S/c1-2-8(13-14(10,11)12)6-4-3-5-7(8)9/h7H,2-6H2,1H3,(H,10,11,12).